The molecule has 0 aliphatic carbocycles. The van der Waals surface area contributed by atoms with E-state index in [0.717, 1.165) is 84.5 Å². The molecule has 6 nitrogen and oxygen atoms in total. The summed E-state index contributed by atoms with van der Waals surface area (Å²) in [6, 6.07) is 9.49. The van der Waals surface area contributed by atoms with Crippen LogP contribution in [-0.4, -0.2) is 92.3 Å². The lowest BCUT2D eigenvalue weighted by atomic mass is 10.00. The molecule has 29 heavy (non-hydrogen) atoms. The van der Waals surface area contributed by atoms with Crippen LogP contribution >= 0.6 is 24.0 Å². The Labute approximate surface area is 192 Å². The van der Waals surface area contributed by atoms with Crippen LogP contribution in [0.15, 0.2) is 29.3 Å². The Hall–Kier alpha value is -0.900. The van der Waals surface area contributed by atoms with Crippen LogP contribution in [0.25, 0.3) is 0 Å². The molecule has 1 N–H and O–H groups in total. The molecule has 3 heterocycles. The molecule has 2 saturated heterocycles. The largest absolute Gasteiger partial charge is 0.379 e. The van der Waals surface area contributed by atoms with E-state index in [-0.39, 0.29) is 24.0 Å². The standard InChI is InChI=1S/C22H35N5O.HI/c1-2-23-22(27-11-8-21(18-27)26-13-15-28-16-14-26)24-9-12-25-10-7-19-5-3-4-6-20(19)17-25;/h3-6,21H,2,7-18H2,1H3,(H,23,24);1H. The minimum absolute atomic E-state index is 0. The molecule has 0 aromatic heterocycles. The molecule has 2 fully saturated rings. The number of morpholine rings is 1. The zero-order chi connectivity index (χ0) is 19.2. The van der Waals surface area contributed by atoms with E-state index in [1.54, 1.807) is 0 Å². The SMILES string of the molecule is CCNC(=NCCN1CCc2ccccc2C1)N1CCC(N2CCOCC2)C1.I. The smallest absolute Gasteiger partial charge is 0.194 e. The molecule has 0 amide bonds. The number of nitrogens with one attached hydrogen (secondary N) is 1. The summed E-state index contributed by atoms with van der Waals surface area (Å²) in [4.78, 5) is 12.6. The highest BCUT2D eigenvalue weighted by atomic mass is 127. The Bertz CT molecular complexity index is 664. The number of aliphatic imine (C=N–C) groups is 1. The van der Waals surface area contributed by atoms with Crippen LogP contribution in [0, 0.1) is 0 Å². The summed E-state index contributed by atoms with van der Waals surface area (Å²) >= 11 is 0. The van der Waals surface area contributed by atoms with Crippen LogP contribution in [0.3, 0.4) is 0 Å². The average molecular weight is 513 g/mol. The second-order valence-corrected chi connectivity index (χ2v) is 8.07. The zero-order valence-corrected chi connectivity index (χ0v) is 20.0. The first-order chi connectivity index (χ1) is 13.8. The van der Waals surface area contributed by atoms with Gasteiger partial charge in [0.15, 0.2) is 5.96 Å². The van der Waals surface area contributed by atoms with E-state index in [0.29, 0.717) is 6.04 Å². The number of halogens is 1. The molecule has 0 saturated carbocycles. The summed E-state index contributed by atoms with van der Waals surface area (Å²) in [6.45, 7) is 13.3. The van der Waals surface area contributed by atoms with E-state index in [1.807, 2.05) is 0 Å². The van der Waals surface area contributed by atoms with Crippen LogP contribution in [-0.2, 0) is 17.7 Å². The number of benzene rings is 1. The third-order valence-corrected chi connectivity index (χ3v) is 6.25. The van der Waals surface area contributed by atoms with Gasteiger partial charge in [0.2, 0.25) is 0 Å². The van der Waals surface area contributed by atoms with Crippen molar-refractivity contribution in [1.82, 2.24) is 20.0 Å². The Morgan fingerprint density at radius 1 is 1.14 bits per heavy atom. The average Bonchev–Trinajstić information content (AvgIpc) is 3.24. The number of nitrogens with zero attached hydrogens (tertiary/aromatic N) is 4. The minimum Gasteiger partial charge on any atom is -0.379 e. The minimum atomic E-state index is 0. The zero-order valence-electron chi connectivity index (χ0n) is 17.7. The molecule has 1 atom stereocenters. The third-order valence-electron chi connectivity index (χ3n) is 6.25. The monoisotopic (exact) mass is 513 g/mol. The highest BCUT2D eigenvalue weighted by molar-refractivity contribution is 14.0. The van der Waals surface area contributed by atoms with Gasteiger partial charge in [-0.15, -0.1) is 24.0 Å². The van der Waals surface area contributed by atoms with Crippen molar-refractivity contribution in [3.63, 3.8) is 0 Å². The first kappa shape index (κ1) is 22.8. The molecule has 4 rings (SSSR count). The molecule has 0 bridgehead atoms. The summed E-state index contributed by atoms with van der Waals surface area (Å²) < 4.78 is 5.51. The van der Waals surface area contributed by atoms with Gasteiger partial charge in [0.25, 0.3) is 0 Å². The number of guanidine groups is 1. The number of ether oxygens (including phenoxy) is 1. The van der Waals surface area contributed by atoms with Gasteiger partial charge in [-0.05, 0) is 30.9 Å². The van der Waals surface area contributed by atoms with E-state index in [9.17, 15) is 0 Å². The van der Waals surface area contributed by atoms with Gasteiger partial charge in [-0.3, -0.25) is 14.8 Å². The molecule has 0 radical (unpaired) electrons. The van der Waals surface area contributed by atoms with Gasteiger partial charge < -0.3 is 15.0 Å². The summed E-state index contributed by atoms with van der Waals surface area (Å²) in [5.41, 5.74) is 3.00. The van der Waals surface area contributed by atoms with Crippen molar-refractivity contribution >= 4 is 29.9 Å². The van der Waals surface area contributed by atoms with Crippen LogP contribution < -0.4 is 5.32 Å². The van der Waals surface area contributed by atoms with Crippen molar-refractivity contribution in [2.24, 2.45) is 4.99 Å². The number of hydrogen-bond acceptors (Lipinski definition) is 4. The molecule has 1 aromatic rings. The van der Waals surface area contributed by atoms with Gasteiger partial charge >= 0.3 is 0 Å². The molecule has 3 aliphatic heterocycles. The summed E-state index contributed by atoms with van der Waals surface area (Å²) in [5, 5.41) is 3.52. The fourth-order valence-electron chi connectivity index (χ4n) is 4.64. The number of fused-ring (bicyclic) bond motifs is 1. The van der Waals surface area contributed by atoms with Crippen molar-refractivity contribution in [3.8, 4) is 0 Å². The maximum atomic E-state index is 5.51. The van der Waals surface area contributed by atoms with E-state index in [1.165, 1.54) is 17.5 Å². The van der Waals surface area contributed by atoms with Crippen molar-refractivity contribution in [2.75, 3.05) is 65.6 Å². The first-order valence-electron chi connectivity index (χ1n) is 11.0. The van der Waals surface area contributed by atoms with Crippen molar-refractivity contribution in [3.05, 3.63) is 35.4 Å². The number of likely N-dealkylation sites (tertiary alicyclic amines) is 1. The van der Waals surface area contributed by atoms with E-state index in [4.69, 9.17) is 9.73 Å². The summed E-state index contributed by atoms with van der Waals surface area (Å²) in [5.74, 6) is 1.09. The summed E-state index contributed by atoms with van der Waals surface area (Å²) in [7, 11) is 0. The molecule has 0 spiro atoms. The summed E-state index contributed by atoms with van der Waals surface area (Å²) in [6.07, 6.45) is 2.39. The molecule has 7 heteroatoms. The number of hydrogen-bond donors (Lipinski definition) is 1. The fraction of sp³-hybridized carbons (Fsp3) is 0.682. The lowest BCUT2D eigenvalue weighted by Crippen LogP contribution is -2.46. The Morgan fingerprint density at radius 2 is 1.93 bits per heavy atom. The maximum absolute atomic E-state index is 5.51. The molecule has 162 valence electrons. The predicted molar refractivity (Wildman–Crippen MR) is 129 cm³/mol. The fourth-order valence-corrected chi connectivity index (χ4v) is 4.64. The van der Waals surface area contributed by atoms with Gasteiger partial charge in [0, 0.05) is 58.4 Å². The molecule has 1 unspecified atom stereocenters. The first-order valence-corrected chi connectivity index (χ1v) is 11.0. The van der Waals surface area contributed by atoms with Gasteiger partial charge in [-0.25, -0.2) is 0 Å². The Kier molecular flexibility index (Phi) is 9.02. The molecule has 3 aliphatic rings. The van der Waals surface area contributed by atoms with Crippen molar-refractivity contribution in [1.29, 1.82) is 0 Å². The molecular weight excluding hydrogens is 477 g/mol. The Morgan fingerprint density at radius 3 is 2.72 bits per heavy atom. The highest BCUT2D eigenvalue weighted by Gasteiger charge is 2.30. The van der Waals surface area contributed by atoms with Gasteiger partial charge in [0.1, 0.15) is 0 Å². The second-order valence-electron chi connectivity index (χ2n) is 8.07. The van der Waals surface area contributed by atoms with E-state index >= 15 is 0 Å². The van der Waals surface area contributed by atoms with Gasteiger partial charge in [0.05, 0.1) is 19.8 Å². The molecular formula is C22H36IN5O. The lowest BCUT2D eigenvalue weighted by molar-refractivity contribution is 0.0195. The third kappa shape index (κ3) is 6.06. The highest BCUT2D eigenvalue weighted by Crippen LogP contribution is 2.19. The van der Waals surface area contributed by atoms with Crippen molar-refractivity contribution < 1.29 is 4.74 Å². The molecule has 1 aromatic carbocycles. The number of rotatable bonds is 5. The Balaban J connectivity index is 0.00000240. The topological polar surface area (TPSA) is 43.3 Å². The van der Waals surface area contributed by atoms with E-state index < -0.39 is 0 Å². The van der Waals surface area contributed by atoms with Crippen molar-refractivity contribution in [2.45, 2.75) is 32.4 Å². The van der Waals surface area contributed by atoms with Gasteiger partial charge in [-0.2, -0.15) is 0 Å². The lowest BCUT2D eigenvalue weighted by Gasteiger charge is -2.32. The van der Waals surface area contributed by atoms with E-state index in [2.05, 4.69) is 51.2 Å². The predicted octanol–water partition coefficient (Wildman–Crippen LogP) is 2.03. The van der Waals surface area contributed by atoms with Gasteiger partial charge in [-0.1, -0.05) is 24.3 Å². The van der Waals surface area contributed by atoms with Crippen LogP contribution in [0.4, 0.5) is 0 Å². The van der Waals surface area contributed by atoms with Crippen LogP contribution in [0.2, 0.25) is 0 Å². The quantitative estimate of drug-likeness (QED) is 0.371. The van der Waals surface area contributed by atoms with Crippen LogP contribution in [0.5, 0.6) is 0 Å². The van der Waals surface area contributed by atoms with Crippen LogP contribution in [0.1, 0.15) is 24.5 Å². The normalized spacial score (nSPS) is 23.6. The maximum Gasteiger partial charge on any atom is 0.194 e. The second kappa shape index (κ2) is 11.5.